The number of nitrogens with two attached hydrogens (primary N) is 1. The van der Waals surface area contributed by atoms with Gasteiger partial charge in [-0.1, -0.05) is 39.8 Å². The van der Waals surface area contributed by atoms with Crippen LogP contribution in [0.5, 0.6) is 0 Å². The Balaban J connectivity index is 0.000000730. The minimum Gasteiger partial charge on any atom is -0.380 e. The second-order valence-corrected chi connectivity index (χ2v) is 6.74. The number of sulfone groups is 1. The molecule has 0 spiro atoms. The number of fused-ring (bicyclic) bond motifs is 1. The molecule has 0 bridgehead atoms. The molecular weight excluding hydrogens is 338 g/mol. The quantitative estimate of drug-likeness (QED) is 0.750. The maximum atomic E-state index is 11.7. The van der Waals surface area contributed by atoms with E-state index in [0.717, 1.165) is 0 Å². The van der Waals surface area contributed by atoms with Crippen LogP contribution in [0.4, 0.5) is 5.82 Å². The number of nitrogen functional groups attached to an aromatic ring is 1. The molecule has 0 radical (unpaired) electrons. The summed E-state index contributed by atoms with van der Waals surface area (Å²) in [6.07, 6.45) is 2.77. The van der Waals surface area contributed by atoms with Gasteiger partial charge in [-0.3, -0.25) is 0 Å². The van der Waals surface area contributed by atoms with Crippen LogP contribution < -0.4 is 5.73 Å². The largest absolute Gasteiger partial charge is 0.380 e. The summed E-state index contributed by atoms with van der Waals surface area (Å²) in [5, 5.41) is 4.28. The number of hydrogen-bond donors (Lipinski definition) is 1. The standard InChI is InChI=1S/C13H13N5O2S.2C2H6/c1-8-16-12(14)13-15-7-11(18(13)17-8)9-4-3-5-10(6-9)21(2,19)20;2*1-2/h3-7H,1-2H3,(H2,14,16,17);2*1-2H3. The van der Waals surface area contributed by atoms with Gasteiger partial charge in [-0.15, -0.1) is 0 Å². The van der Waals surface area contributed by atoms with Crippen molar-refractivity contribution in [3.8, 4) is 11.3 Å². The van der Waals surface area contributed by atoms with E-state index in [9.17, 15) is 8.42 Å². The average molecular weight is 363 g/mol. The molecule has 8 heteroatoms. The zero-order valence-corrected chi connectivity index (χ0v) is 16.3. The van der Waals surface area contributed by atoms with Gasteiger partial charge in [0.05, 0.1) is 16.8 Å². The Morgan fingerprint density at radius 3 is 2.36 bits per heavy atom. The summed E-state index contributed by atoms with van der Waals surface area (Å²) in [6, 6.07) is 6.62. The summed E-state index contributed by atoms with van der Waals surface area (Å²) in [7, 11) is -3.27. The molecule has 0 fully saturated rings. The Labute approximate surface area is 148 Å². The van der Waals surface area contributed by atoms with Crippen molar-refractivity contribution in [1.82, 2.24) is 19.6 Å². The van der Waals surface area contributed by atoms with E-state index in [1.807, 2.05) is 27.7 Å². The molecule has 136 valence electrons. The summed E-state index contributed by atoms with van der Waals surface area (Å²) in [4.78, 5) is 8.49. The number of aryl methyl sites for hydroxylation is 1. The molecule has 0 saturated heterocycles. The molecule has 1 aromatic carbocycles. The van der Waals surface area contributed by atoms with Gasteiger partial charge in [0.1, 0.15) is 5.82 Å². The maximum absolute atomic E-state index is 11.7. The van der Waals surface area contributed by atoms with Gasteiger partial charge in [-0.2, -0.15) is 5.10 Å². The molecule has 0 saturated carbocycles. The highest BCUT2D eigenvalue weighted by atomic mass is 32.2. The second kappa shape index (κ2) is 8.57. The fraction of sp³-hybridized carbons (Fsp3) is 0.353. The van der Waals surface area contributed by atoms with Crippen molar-refractivity contribution in [3.05, 3.63) is 36.3 Å². The molecule has 7 nitrogen and oxygen atoms in total. The Bertz CT molecular complexity index is 949. The number of rotatable bonds is 2. The molecule has 0 atom stereocenters. The highest BCUT2D eigenvalue weighted by molar-refractivity contribution is 7.90. The third-order valence-electron chi connectivity index (χ3n) is 3.05. The first kappa shape index (κ1) is 20.6. The van der Waals surface area contributed by atoms with Gasteiger partial charge in [0.25, 0.3) is 0 Å². The fourth-order valence-electron chi connectivity index (χ4n) is 2.10. The van der Waals surface area contributed by atoms with Crippen molar-refractivity contribution in [3.63, 3.8) is 0 Å². The van der Waals surface area contributed by atoms with E-state index < -0.39 is 9.84 Å². The van der Waals surface area contributed by atoms with Crippen molar-refractivity contribution in [1.29, 1.82) is 0 Å². The summed E-state index contributed by atoms with van der Waals surface area (Å²) in [5.74, 6) is 0.798. The number of hydrogen-bond acceptors (Lipinski definition) is 6. The number of nitrogens with zero attached hydrogens (tertiary/aromatic N) is 4. The summed E-state index contributed by atoms with van der Waals surface area (Å²) >= 11 is 0. The minimum atomic E-state index is -3.27. The van der Waals surface area contributed by atoms with Crippen LogP contribution in [-0.4, -0.2) is 34.3 Å². The molecule has 0 unspecified atom stereocenters. The Hall–Kier alpha value is -2.48. The van der Waals surface area contributed by atoms with Crippen LogP contribution in [-0.2, 0) is 9.84 Å². The van der Waals surface area contributed by atoms with E-state index in [4.69, 9.17) is 5.73 Å². The van der Waals surface area contributed by atoms with E-state index in [0.29, 0.717) is 22.7 Å². The van der Waals surface area contributed by atoms with Crippen LogP contribution in [0.25, 0.3) is 16.9 Å². The van der Waals surface area contributed by atoms with Gasteiger partial charge >= 0.3 is 0 Å². The second-order valence-electron chi connectivity index (χ2n) is 4.72. The van der Waals surface area contributed by atoms with Crippen LogP contribution in [0.2, 0.25) is 0 Å². The number of anilines is 1. The third kappa shape index (κ3) is 4.54. The Morgan fingerprint density at radius 2 is 1.76 bits per heavy atom. The molecule has 2 aromatic heterocycles. The highest BCUT2D eigenvalue weighted by Crippen LogP contribution is 2.24. The lowest BCUT2D eigenvalue weighted by Gasteiger charge is -2.05. The molecule has 0 amide bonds. The van der Waals surface area contributed by atoms with Crippen LogP contribution in [0.1, 0.15) is 33.5 Å². The first-order valence-electron chi connectivity index (χ1n) is 8.14. The van der Waals surface area contributed by atoms with Crippen molar-refractivity contribution in [2.45, 2.75) is 39.5 Å². The van der Waals surface area contributed by atoms with Crippen molar-refractivity contribution >= 4 is 21.3 Å². The van der Waals surface area contributed by atoms with Gasteiger partial charge < -0.3 is 5.73 Å². The molecule has 0 aliphatic carbocycles. The van der Waals surface area contributed by atoms with Crippen LogP contribution in [0, 0.1) is 6.92 Å². The third-order valence-corrected chi connectivity index (χ3v) is 4.16. The Kier molecular flexibility index (Phi) is 7.05. The molecule has 2 heterocycles. The van der Waals surface area contributed by atoms with Gasteiger partial charge in [0, 0.05) is 11.8 Å². The van der Waals surface area contributed by atoms with Crippen molar-refractivity contribution < 1.29 is 8.42 Å². The van der Waals surface area contributed by atoms with Crippen LogP contribution in [0.3, 0.4) is 0 Å². The number of imidazole rings is 1. The van der Waals surface area contributed by atoms with Gasteiger partial charge in [-0.05, 0) is 19.1 Å². The van der Waals surface area contributed by atoms with Crippen LogP contribution >= 0.6 is 0 Å². The number of aromatic nitrogens is 4. The molecular formula is C17H25N5O2S. The van der Waals surface area contributed by atoms with Gasteiger partial charge in [0.15, 0.2) is 21.3 Å². The van der Waals surface area contributed by atoms with Crippen molar-refractivity contribution in [2.75, 3.05) is 12.0 Å². The lowest BCUT2D eigenvalue weighted by Crippen LogP contribution is -2.04. The van der Waals surface area contributed by atoms with E-state index in [1.54, 1.807) is 41.9 Å². The summed E-state index contributed by atoms with van der Waals surface area (Å²) in [6.45, 7) is 9.73. The molecule has 0 aliphatic heterocycles. The topological polar surface area (TPSA) is 103 Å². The normalized spacial score (nSPS) is 10.5. The Morgan fingerprint density at radius 1 is 1.12 bits per heavy atom. The predicted octanol–water partition coefficient (Wildman–Crippen LogP) is 3.14. The molecule has 2 N–H and O–H groups in total. The van der Waals surface area contributed by atoms with Crippen LogP contribution in [0.15, 0.2) is 35.4 Å². The molecule has 3 aromatic rings. The highest BCUT2D eigenvalue weighted by Gasteiger charge is 2.13. The van der Waals surface area contributed by atoms with Crippen molar-refractivity contribution in [2.24, 2.45) is 0 Å². The maximum Gasteiger partial charge on any atom is 0.197 e. The molecule has 25 heavy (non-hydrogen) atoms. The summed E-state index contributed by atoms with van der Waals surface area (Å²) in [5.41, 5.74) is 7.62. The lowest BCUT2D eigenvalue weighted by molar-refractivity contribution is 0.602. The van der Waals surface area contributed by atoms with E-state index in [-0.39, 0.29) is 10.7 Å². The van der Waals surface area contributed by atoms with E-state index in [2.05, 4.69) is 15.1 Å². The fourth-order valence-corrected chi connectivity index (χ4v) is 2.76. The number of benzene rings is 1. The van der Waals surface area contributed by atoms with E-state index in [1.165, 1.54) is 6.26 Å². The average Bonchev–Trinajstić information content (AvgIpc) is 3.02. The monoisotopic (exact) mass is 363 g/mol. The lowest BCUT2D eigenvalue weighted by atomic mass is 10.2. The first-order valence-corrected chi connectivity index (χ1v) is 10.0. The van der Waals surface area contributed by atoms with Gasteiger partial charge in [0.2, 0.25) is 0 Å². The SMILES string of the molecule is CC.CC.Cc1nc(N)c2ncc(-c3cccc(S(C)(=O)=O)c3)n2n1. The zero-order valence-electron chi connectivity index (χ0n) is 15.5. The summed E-state index contributed by atoms with van der Waals surface area (Å²) < 4.78 is 24.9. The zero-order chi connectivity index (χ0) is 19.2. The minimum absolute atomic E-state index is 0.244. The molecule has 3 rings (SSSR count). The molecule has 0 aliphatic rings. The predicted molar refractivity (Wildman–Crippen MR) is 101 cm³/mol. The smallest absolute Gasteiger partial charge is 0.197 e. The van der Waals surface area contributed by atoms with Gasteiger partial charge in [-0.25, -0.2) is 22.9 Å². The first-order chi connectivity index (χ1) is 11.9. The van der Waals surface area contributed by atoms with E-state index >= 15 is 0 Å².